The van der Waals surface area contributed by atoms with Gasteiger partial charge in [-0.15, -0.1) is 11.3 Å². The lowest BCUT2D eigenvalue weighted by atomic mass is 10.0. The van der Waals surface area contributed by atoms with E-state index in [9.17, 15) is 4.79 Å². The Morgan fingerprint density at radius 2 is 2.08 bits per heavy atom. The number of aryl methyl sites for hydroxylation is 1. The van der Waals surface area contributed by atoms with E-state index in [0.29, 0.717) is 6.54 Å². The molecule has 1 aliphatic heterocycles. The minimum atomic E-state index is 0.134. The third-order valence-corrected chi connectivity index (χ3v) is 5.77. The summed E-state index contributed by atoms with van der Waals surface area (Å²) in [5.41, 5.74) is 6.01. The molecule has 5 heteroatoms. The fraction of sp³-hybridized carbons (Fsp3) is 0.300. The molecule has 0 atom stereocenters. The largest absolute Gasteiger partial charge is 0.338 e. The van der Waals surface area contributed by atoms with Crippen molar-refractivity contribution in [2.75, 3.05) is 6.54 Å². The van der Waals surface area contributed by atoms with Gasteiger partial charge in [0, 0.05) is 37.7 Å². The van der Waals surface area contributed by atoms with Crippen molar-refractivity contribution in [3.8, 4) is 10.6 Å². The third kappa shape index (κ3) is 3.12. The van der Waals surface area contributed by atoms with Crippen LogP contribution in [0.4, 0.5) is 0 Å². The second-order valence-corrected chi connectivity index (χ2v) is 7.51. The first-order chi connectivity index (χ1) is 12.1. The third-order valence-electron chi connectivity index (χ3n) is 4.72. The van der Waals surface area contributed by atoms with E-state index in [1.165, 1.54) is 27.3 Å². The number of nitrogens with zero attached hydrogens (tertiary/aromatic N) is 3. The zero-order valence-corrected chi connectivity index (χ0v) is 15.3. The topological polar surface area (TPSA) is 38.1 Å². The maximum atomic E-state index is 11.9. The van der Waals surface area contributed by atoms with Crippen molar-refractivity contribution in [1.29, 1.82) is 0 Å². The molecule has 0 radical (unpaired) electrons. The molecule has 0 saturated carbocycles. The molecule has 0 aliphatic carbocycles. The van der Waals surface area contributed by atoms with Gasteiger partial charge in [-0.3, -0.25) is 9.48 Å². The van der Waals surface area contributed by atoms with E-state index >= 15 is 0 Å². The number of rotatable bonds is 3. The summed E-state index contributed by atoms with van der Waals surface area (Å²) in [5.74, 6) is 0.134. The van der Waals surface area contributed by atoms with E-state index in [1.807, 2.05) is 11.0 Å². The van der Waals surface area contributed by atoms with E-state index in [2.05, 4.69) is 47.3 Å². The molecule has 1 aromatic carbocycles. The van der Waals surface area contributed by atoms with Gasteiger partial charge in [0.15, 0.2) is 0 Å². The highest BCUT2D eigenvalue weighted by molar-refractivity contribution is 7.13. The van der Waals surface area contributed by atoms with E-state index in [-0.39, 0.29) is 5.91 Å². The van der Waals surface area contributed by atoms with Gasteiger partial charge in [-0.25, -0.2) is 0 Å². The minimum Gasteiger partial charge on any atom is -0.338 e. The van der Waals surface area contributed by atoms with E-state index in [1.54, 1.807) is 18.3 Å². The summed E-state index contributed by atoms with van der Waals surface area (Å²) in [6.45, 7) is 5.95. The number of amides is 1. The van der Waals surface area contributed by atoms with Gasteiger partial charge in [-0.1, -0.05) is 30.3 Å². The number of aromatic nitrogens is 2. The first-order valence-electron chi connectivity index (χ1n) is 8.55. The first-order valence-corrected chi connectivity index (χ1v) is 9.43. The maximum absolute atomic E-state index is 11.9. The minimum absolute atomic E-state index is 0.134. The summed E-state index contributed by atoms with van der Waals surface area (Å²) in [6.07, 6.45) is 0.860. The molecule has 4 rings (SSSR count). The summed E-state index contributed by atoms with van der Waals surface area (Å²) in [6, 6.07) is 12.6. The molecule has 1 amide bonds. The SMILES string of the molecule is CC(=O)N1CCc2c(c(-c3cc(C)cs3)nn2Cc2ccccc2)C1. The molecular weight excluding hydrogens is 330 g/mol. The summed E-state index contributed by atoms with van der Waals surface area (Å²) >= 11 is 1.73. The highest BCUT2D eigenvalue weighted by Crippen LogP contribution is 2.34. The van der Waals surface area contributed by atoms with Crippen molar-refractivity contribution in [2.45, 2.75) is 33.4 Å². The van der Waals surface area contributed by atoms with Gasteiger partial charge in [0.1, 0.15) is 5.69 Å². The van der Waals surface area contributed by atoms with Crippen LogP contribution in [0.2, 0.25) is 0 Å². The Bertz CT molecular complexity index is 910. The molecule has 0 spiro atoms. The smallest absolute Gasteiger partial charge is 0.219 e. The molecule has 25 heavy (non-hydrogen) atoms. The van der Waals surface area contributed by atoms with Gasteiger partial charge in [0.2, 0.25) is 5.91 Å². The number of carbonyl (C=O) groups is 1. The Morgan fingerprint density at radius 1 is 1.28 bits per heavy atom. The zero-order chi connectivity index (χ0) is 17.4. The van der Waals surface area contributed by atoms with E-state index in [0.717, 1.165) is 25.2 Å². The van der Waals surface area contributed by atoms with E-state index in [4.69, 9.17) is 5.10 Å². The lowest BCUT2D eigenvalue weighted by molar-refractivity contribution is -0.129. The molecule has 0 N–H and O–H groups in total. The quantitative estimate of drug-likeness (QED) is 0.718. The maximum Gasteiger partial charge on any atom is 0.219 e. The number of hydrogen-bond acceptors (Lipinski definition) is 3. The van der Waals surface area contributed by atoms with E-state index < -0.39 is 0 Å². The Hall–Kier alpha value is -2.40. The van der Waals surface area contributed by atoms with Crippen LogP contribution < -0.4 is 0 Å². The molecule has 128 valence electrons. The van der Waals surface area contributed by atoms with Crippen molar-refractivity contribution in [3.63, 3.8) is 0 Å². The van der Waals surface area contributed by atoms with Crippen molar-refractivity contribution >= 4 is 17.2 Å². The summed E-state index contributed by atoms with van der Waals surface area (Å²) < 4.78 is 2.13. The summed E-state index contributed by atoms with van der Waals surface area (Å²) in [5, 5.41) is 7.11. The Labute approximate surface area is 151 Å². The van der Waals surface area contributed by atoms with Gasteiger partial charge in [-0.05, 0) is 29.5 Å². The van der Waals surface area contributed by atoms with Gasteiger partial charge < -0.3 is 4.90 Å². The van der Waals surface area contributed by atoms with Gasteiger partial charge in [-0.2, -0.15) is 5.10 Å². The molecule has 4 nitrogen and oxygen atoms in total. The van der Waals surface area contributed by atoms with Crippen LogP contribution in [0, 0.1) is 6.92 Å². The van der Waals surface area contributed by atoms with Crippen LogP contribution in [-0.2, 0) is 24.3 Å². The van der Waals surface area contributed by atoms with Crippen LogP contribution in [-0.4, -0.2) is 27.1 Å². The molecule has 0 saturated heterocycles. The second-order valence-electron chi connectivity index (χ2n) is 6.60. The fourth-order valence-electron chi connectivity index (χ4n) is 3.40. The lowest BCUT2D eigenvalue weighted by Gasteiger charge is -2.26. The molecular formula is C20H21N3OS. The van der Waals surface area contributed by atoms with Crippen LogP contribution in [0.1, 0.15) is 29.3 Å². The molecule has 3 aromatic rings. The monoisotopic (exact) mass is 351 g/mol. The predicted molar refractivity (Wildman–Crippen MR) is 101 cm³/mol. The molecule has 0 fully saturated rings. The highest BCUT2D eigenvalue weighted by atomic mass is 32.1. The van der Waals surface area contributed by atoms with Gasteiger partial charge >= 0.3 is 0 Å². The molecule has 2 aromatic heterocycles. The summed E-state index contributed by atoms with van der Waals surface area (Å²) in [4.78, 5) is 15.0. The van der Waals surface area contributed by atoms with Crippen LogP contribution in [0.5, 0.6) is 0 Å². The molecule has 3 heterocycles. The van der Waals surface area contributed by atoms with Gasteiger partial charge in [0.05, 0.1) is 11.4 Å². The molecule has 0 bridgehead atoms. The fourth-order valence-corrected chi connectivity index (χ4v) is 4.31. The Kier molecular flexibility index (Phi) is 4.17. The number of fused-ring (bicyclic) bond motifs is 1. The average molecular weight is 351 g/mol. The van der Waals surface area contributed by atoms with Crippen molar-refractivity contribution in [1.82, 2.24) is 14.7 Å². The Morgan fingerprint density at radius 3 is 2.76 bits per heavy atom. The molecule has 1 aliphatic rings. The average Bonchev–Trinajstić information content (AvgIpc) is 3.19. The van der Waals surface area contributed by atoms with Gasteiger partial charge in [0.25, 0.3) is 0 Å². The van der Waals surface area contributed by atoms with Crippen LogP contribution in [0.3, 0.4) is 0 Å². The van der Waals surface area contributed by atoms with Crippen LogP contribution in [0.15, 0.2) is 41.8 Å². The van der Waals surface area contributed by atoms with Crippen molar-refractivity contribution in [2.24, 2.45) is 0 Å². The number of carbonyl (C=O) groups excluding carboxylic acids is 1. The number of thiophene rings is 1. The normalized spacial score (nSPS) is 13.8. The second kappa shape index (κ2) is 6.48. The summed E-state index contributed by atoms with van der Waals surface area (Å²) in [7, 11) is 0. The first kappa shape index (κ1) is 16.1. The predicted octanol–water partition coefficient (Wildman–Crippen LogP) is 3.87. The van der Waals surface area contributed by atoms with Crippen molar-refractivity contribution < 1.29 is 4.79 Å². The number of hydrogen-bond donors (Lipinski definition) is 0. The number of benzene rings is 1. The van der Waals surface area contributed by atoms with Crippen LogP contribution >= 0.6 is 11.3 Å². The molecule has 0 unspecified atom stereocenters. The van der Waals surface area contributed by atoms with Crippen molar-refractivity contribution in [3.05, 3.63) is 64.2 Å². The highest BCUT2D eigenvalue weighted by Gasteiger charge is 2.27. The Balaban J connectivity index is 1.77. The van der Waals surface area contributed by atoms with Crippen LogP contribution in [0.25, 0.3) is 10.6 Å². The lowest BCUT2D eigenvalue weighted by Crippen LogP contribution is -2.34. The zero-order valence-electron chi connectivity index (χ0n) is 14.5. The standard InChI is InChI=1S/C20H21N3OS/c1-14-10-19(25-13-14)20-17-12-22(15(2)24)9-8-18(17)23(21-20)11-16-6-4-3-5-7-16/h3-7,10,13H,8-9,11-12H2,1-2H3.